The molecule has 2 N–H and O–H groups in total. The number of hydrogen-bond donors (Lipinski definition) is 2. The predicted octanol–water partition coefficient (Wildman–Crippen LogP) is 3.11. The van der Waals surface area contributed by atoms with Crippen LogP contribution in [0.25, 0.3) is 0 Å². The number of aliphatic hydroxyl groups excluding tert-OH is 2. The molecule has 0 amide bonds. The standard InChI is InChI=1S/C15H26O2S2/c1-13(16)11-18-8-9-19-12-14(17)10-15(2)6-4-3-5-7-15/h3-6,13-14,16-17H,7-12H2,1-2H3. The monoisotopic (exact) mass is 302 g/mol. The second kappa shape index (κ2) is 9.11. The zero-order valence-corrected chi connectivity index (χ0v) is 13.6. The van der Waals surface area contributed by atoms with Crippen molar-refractivity contribution in [1.82, 2.24) is 0 Å². The highest BCUT2D eigenvalue weighted by molar-refractivity contribution is 8.02. The minimum atomic E-state index is -0.229. The molecule has 0 fully saturated rings. The van der Waals surface area contributed by atoms with Gasteiger partial charge in [-0.05, 0) is 25.2 Å². The quantitative estimate of drug-likeness (QED) is 0.642. The number of hydrogen-bond acceptors (Lipinski definition) is 4. The molecule has 2 nitrogen and oxygen atoms in total. The van der Waals surface area contributed by atoms with Gasteiger partial charge < -0.3 is 10.2 Å². The molecule has 0 radical (unpaired) electrons. The van der Waals surface area contributed by atoms with Gasteiger partial charge in [0.2, 0.25) is 0 Å². The molecule has 110 valence electrons. The summed E-state index contributed by atoms with van der Waals surface area (Å²) in [5.74, 6) is 3.70. The molecule has 3 atom stereocenters. The number of rotatable bonds is 9. The van der Waals surface area contributed by atoms with E-state index in [0.29, 0.717) is 0 Å². The maximum Gasteiger partial charge on any atom is 0.0638 e. The van der Waals surface area contributed by atoms with Gasteiger partial charge in [-0.25, -0.2) is 0 Å². The summed E-state index contributed by atoms with van der Waals surface area (Å²) in [4.78, 5) is 0. The SMILES string of the molecule is CC(O)CSCCSCC(O)CC1(C)C=CC=CC1. The van der Waals surface area contributed by atoms with Crippen LogP contribution in [0.2, 0.25) is 0 Å². The van der Waals surface area contributed by atoms with Crippen molar-refractivity contribution in [1.29, 1.82) is 0 Å². The van der Waals surface area contributed by atoms with E-state index in [4.69, 9.17) is 5.11 Å². The molecule has 0 aromatic carbocycles. The Hall–Kier alpha value is 0.1000. The fourth-order valence-electron chi connectivity index (χ4n) is 2.11. The fraction of sp³-hybridized carbons (Fsp3) is 0.733. The van der Waals surface area contributed by atoms with Gasteiger partial charge in [0.25, 0.3) is 0 Å². The summed E-state index contributed by atoms with van der Waals surface area (Å²) in [6, 6.07) is 0. The van der Waals surface area contributed by atoms with Gasteiger partial charge >= 0.3 is 0 Å². The first-order chi connectivity index (χ1) is 9.02. The number of aliphatic hydroxyl groups is 2. The highest BCUT2D eigenvalue weighted by Crippen LogP contribution is 2.32. The summed E-state index contributed by atoms with van der Waals surface area (Å²) in [6.07, 6.45) is 9.95. The Labute approximate surface area is 125 Å². The van der Waals surface area contributed by atoms with Gasteiger partial charge in [-0.3, -0.25) is 0 Å². The van der Waals surface area contributed by atoms with Gasteiger partial charge in [0.1, 0.15) is 0 Å². The zero-order chi connectivity index (χ0) is 14.1. The van der Waals surface area contributed by atoms with Gasteiger partial charge in [-0.1, -0.05) is 31.2 Å². The summed E-state index contributed by atoms with van der Waals surface area (Å²) in [7, 11) is 0. The summed E-state index contributed by atoms with van der Waals surface area (Å²) >= 11 is 3.58. The van der Waals surface area contributed by atoms with E-state index in [2.05, 4.69) is 31.2 Å². The molecule has 19 heavy (non-hydrogen) atoms. The molecule has 4 heteroatoms. The highest BCUT2D eigenvalue weighted by Gasteiger charge is 2.24. The van der Waals surface area contributed by atoms with Crippen molar-refractivity contribution in [3.8, 4) is 0 Å². The van der Waals surface area contributed by atoms with Gasteiger partial charge in [0.15, 0.2) is 0 Å². The van der Waals surface area contributed by atoms with E-state index in [-0.39, 0.29) is 17.6 Å². The average molecular weight is 303 g/mol. The second-order valence-corrected chi connectivity index (χ2v) is 7.80. The molecule has 0 heterocycles. The average Bonchev–Trinajstić information content (AvgIpc) is 2.33. The maximum atomic E-state index is 10.1. The lowest BCUT2D eigenvalue weighted by Crippen LogP contribution is -2.24. The summed E-state index contributed by atoms with van der Waals surface area (Å²) in [6.45, 7) is 4.02. The van der Waals surface area contributed by atoms with Crippen LogP contribution in [0.5, 0.6) is 0 Å². The molecule has 0 saturated carbocycles. The Bertz CT molecular complexity index is 303. The van der Waals surface area contributed by atoms with Crippen molar-refractivity contribution in [2.75, 3.05) is 23.0 Å². The predicted molar refractivity (Wildman–Crippen MR) is 88.0 cm³/mol. The fourth-order valence-corrected chi connectivity index (χ4v) is 4.12. The molecule has 0 aromatic heterocycles. The van der Waals surface area contributed by atoms with E-state index >= 15 is 0 Å². The Kier molecular flexibility index (Phi) is 8.23. The van der Waals surface area contributed by atoms with E-state index < -0.39 is 0 Å². The third-order valence-electron chi connectivity index (χ3n) is 3.07. The largest absolute Gasteiger partial charge is 0.393 e. The number of thioether (sulfide) groups is 2. The Balaban J connectivity index is 2.06. The Morgan fingerprint density at radius 3 is 2.42 bits per heavy atom. The van der Waals surface area contributed by atoms with Crippen LogP contribution in [0.3, 0.4) is 0 Å². The van der Waals surface area contributed by atoms with E-state index in [1.807, 2.05) is 6.92 Å². The normalized spacial score (nSPS) is 25.5. The third-order valence-corrected chi connectivity index (χ3v) is 5.66. The van der Waals surface area contributed by atoms with Gasteiger partial charge in [-0.15, -0.1) is 0 Å². The van der Waals surface area contributed by atoms with Crippen LogP contribution in [0.4, 0.5) is 0 Å². The topological polar surface area (TPSA) is 40.5 Å². The molecular formula is C15H26O2S2. The smallest absolute Gasteiger partial charge is 0.0638 e. The third kappa shape index (κ3) is 8.08. The number of allylic oxidation sites excluding steroid dienone is 4. The van der Waals surface area contributed by atoms with Crippen molar-refractivity contribution in [2.24, 2.45) is 5.41 Å². The Morgan fingerprint density at radius 2 is 1.84 bits per heavy atom. The van der Waals surface area contributed by atoms with Crippen molar-refractivity contribution in [2.45, 2.75) is 38.9 Å². The molecule has 3 unspecified atom stereocenters. The van der Waals surface area contributed by atoms with Crippen LogP contribution in [0.15, 0.2) is 24.3 Å². The van der Waals surface area contributed by atoms with E-state index in [0.717, 1.165) is 35.9 Å². The zero-order valence-electron chi connectivity index (χ0n) is 11.9. The molecular weight excluding hydrogens is 276 g/mol. The first-order valence-electron chi connectivity index (χ1n) is 6.88. The molecule has 0 bridgehead atoms. The van der Waals surface area contributed by atoms with E-state index in [9.17, 15) is 5.11 Å². The summed E-state index contributed by atoms with van der Waals surface area (Å²) in [5, 5.41) is 19.2. The van der Waals surface area contributed by atoms with Crippen molar-refractivity contribution >= 4 is 23.5 Å². The van der Waals surface area contributed by atoms with Gasteiger partial charge in [0.05, 0.1) is 12.2 Å². The van der Waals surface area contributed by atoms with Crippen LogP contribution in [0.1, 0.15) is 26.7 Å². The molecule has 1 aliphatic rings. The van der Waals surface area contributed by atoms with Crippen LogP contribution in [-0.2, 0) is 0 Å². The van der Waals surface area contributed by atoms with Gasteiger partial charge in [-0.2, -0.15) is 23.5 Å². The first kappa shape index (κ1) is 17.2. The maximum absolute atomic E-state index is 10.1. The molecule has 0 saturated heterocycles. The summed E-state index contributed by atoms with van der Waals surface area (Å²) in [5.41, 5.74) is 0.121. The van der Waals surface area contributed by atoms with Crippen LogP contribution < -0.4 is 0 Å². The van der Waals surface area contributed by atoms with Crippen LogP contribution in [0, 0.1) is 5.41 Å². The molecule has 0 aromatic rings. The van der Waals surface area contributed by atoms with Gasteiger partial charge in [0, 0.05) is 23.0 Å². The lowest BCUT2D eigenvalue weighted by Gasteiger charge is -2.28. The molecule has 0 spiro atoms. The van der Waals surface area contributed by atoms with Crippen molar-refractivity contribution in [3.05, 3.63) is 24.3 Å². The molecule has 1 rings (SSSR count). The first-order valence-corrected chi connectivity index (χ1v) is 9.19. The highest BCUT2D eigenvalue weighted by atomic mass is 32.2. The van der Waals surface area contributed by atoms with Crippen LogP contribution >= 0.6 is 23.5 Å². The van der Waals surface area contributed by atoms with Crippen molar-refractivity contribution in [3.63, 3.8) is 0 Å². The minimum Gasteiger partial charge on any atom is -0.393 e. The molecule has 1 aliphatic carbocycles. The summed E-state index contributed by atoms with van der Waals surface area (Å²) < 4.78 is 0. The lowest BCUT2D eigenvalue weighted by atomic mass is 9.79. The molecule has 0 aliphatic heterocycles. The Morgan fingerprint density at radius 1 is 1.16 bits per heavy atom. The lowest BCUT2D eigenvalue weighted by molar-refractivity contribution is 0.146. The van der Waals surface area contributed by atoms with E-state index in [1.54, 1.807) is 23.5 Å². The van der Waals surface area contributed by atoms with Crippen LogP contribution in [-0.4, -0.2) is 45.4 Å². The van der Waals surface area contributed by atoms with E-state index in [1.165, 1.54) is 0 Å². The second-order valence-electron chi connectivity index (χ2n) is 5.50. The minimum absolute atomic E-state index is 0.121. The van der Waals surface area contributed by atoms with Crippen molar-refractivity contribution < 1.29 is 10.2 Å².